The Morgan fingerprint density at radius 1 is 0.936 bits per heavy atom. The molecule has 47 heavy (non-hydrogen) atoms. The van der Waals surface area contributed by atoms with Gasteiger partial charge in [0.1, 0.15) is 12.4 Å². The summed E-state index contributed by atoms with van der Waals surface area (Å²) in [5.41, 5.74) is 4.23. The Morgan fingerprint density at radius 2 is 1.68 bits per heavy atom. The van der Waals surface area contributed by atoms with Crippen LogP contribution in [-0.4, -0.2) is 111 Å². The summed E-state index contributed by atoms with van der Waals surface area (Å²) in [6, 6.07) is 14.5. The number of methoxy groups -OCH3 is 3. The zero-order chi connectivity index (χ0) is 33.4. The topological polar surface area (TPSA) is 132 Å². The number of rotatable bonds is 21. The molecule has 1 saturated heterocycles. The van der Waals surface area contributed by atoms with Gasteiger partial charge in [-0.15, -0.1) is 10.1 Å². The molecule has 13 nitrogen and oxygen atoms in total. The van der Waals surface area contributed by atoms with Crippen molar-refractivity contribution in [3.63, 3.8) is 0 Å². The highest BCUT2D eigenvalue weighted by Gasteiger charge is 2.37. The van der Waals surface area contributed by atoms with Crippen molar-refractivity contribution < 1.29 is 43.1 Å². The minimum atomic E-state index is -0.846. The molecule has 13 heteroatoms. The Morgan fingerprint density at radius 3 is 2.40 bits per heavy atom. The van der Waals surface area contributed by atoms with Crippen LogP contribution in [0.3, 0.4) is 0 Å². The molecule has 2 aromatic rings. The van der Waals surface area contributed by atoms with E-state index < -0.39 is 11.2 Å². The second-order valence-electron chi connectivity index (χ2n) is 12.1. The largest absolute Gasteiger partial charge is 0.490 e. The summed E-state index contributed by atoms with van der Waals surface area (Å²) in [7, 11) is 4.89. The number of anilines is 1. The van der Waals surface area contributed by atoms with Gasteiger partial charge in [-0.2, -0.15) is 0 Å². The van der Waals surface area contributed by atoms with Crippen molar-refractivity contribution in [3.05, 3.63) is 69.3 Å². The monoisotopic (exact) mass is 661 g/mol. The van der Waals surface area contributed by atoms with E-state index in [1.165, 1.54) is 7.11 Å². The summed E-state index contributed by atoms with van der Waals surface area (Å²) in [5, 5.41) is 13.7. The van der Waals surface area contributed by atoms with Crippen molar-refractivity contribution in [2.45, 2.75) is 50.8 Å². The molecule has 1 fully saturated rings. The maximum atomic E-state index is 11.1. The maximum Gasteiger partial charge on any atom is 0.294 e. The molecule has 0 bridgehead atoms. The lowest BCUT2D eigenvalue weighted by molar-refractivity contribution is -0.769. The SMILES string of the molecule is COCCCN1CCOc2ccc(CO[C@H]3CNC[C@@H](OC[C@H](COC)O[N+](=O)[O-])[C@@H]3c3ccc(COC[C@@H](C)COC)cc3)cc21. The Kier molecular flexibility index (Phi) is 15.4. The van der Waals surface area contributed by atoms with Gasteiger partial charge in [0.05, 0.1) is 64.1 Å². The van der Waals surface area contributed by atoms with Crippen LogP contribution in [0.1, 0.15) is 36.0 Å². The van der Waals surface area contributed by atoms with Crippen molar-refractivity contribution in [3.8, 4) is 5.75 Å². The van der Waals surface area contributed by atoms with Gasteiger partial charge < -0.3 is 48.2 Å². The molecule has 2 heterocycles. The lowest BCUT2D eigenvalue weighted by Gasteiger charge is -2.39. The van der Waals surface area contributed by atoms with Crippen LogP contribution >= 0.6 is 0 Å². The van der Waals surface area contributed by atoms with Crippen LogP contribution < -0.4 is 15.0 Å². The Bertz CT molecular complexity index is 1200. The second-order valence-corrected chi connectivity index (χ2v) is 12.1. The summed E-state index contributed by atoms with van der Waals surface area (Å²) < 4.78 is 40.4. The molecular formula is C34H51N3O10. The van der Waals surface area contributed by atoms with Crippen molar-refractivity contribution in [1.82, 2.24) is 5.32 Å². The number of fused-ring (bicyclic) bond motifs is 1. The van der Waals surface area contributed by atoms with E-state index in [1.807, 2.05) is 12.1 Å². The van der Waals surface area contributed by atoms with Crippen molar-refractivity contribution in [1.29, 1.82) is 0 Å². The van der Waals surface area contributed by atoms with Gasteiger partial charge in [-0.1, -0.05) is 37.3 Å². The number of nitrogens with one attached hydrogen (secondary N) is 1. The first-order valence-corrected chi connectivity index (χ1v) is 16.3. The quantitative estimate of drug-likeness (QED) is 0.119. The van der Waals surface area contributed by atoms with E-state index in [1.54, 1.807) is 14.2 Å². The van der Waals surface area contributed by atoms with E-state index in [0.29, 0.717) is 58.6 Å². The molecule has 2 aliphatic rings. The number of nitrogens with zero attached hydrogens (tertiary/aromatic N) is 2. The predicted octanol–water partition coefficient (Wildman–Crippen LogP) is 3.60. The van der Waals surface area contributed by atoms with Gasteiger partial charge in [0.15, 0.2) is 6.10 Å². The van der Waals surface area contributed by atoms with Crippen LogP contribution in [0, 0.1) is 16.0 Å². The molecule has 0 unspecified atom stereocenters. The molecule has 5 atom stereocenters. The van der Waals surface area contributed by atoms with Gasteiger partial charge in [0.2, 0.25) is 0 Å². The van der Waals surface area contributed by atoms with Gasteiger partial charge in [0, 0.05) is 59.4 Å². The lowest BCUT2D eigenvalue weighted by atomic mass is 9.85. The lowest BCUT2D eigenvalue weighted by Crippen LogP contribution is -2.51. The van der Waals surface area contributed by atoms with E-state index in [9.17, 15) is 10.1 Å². The summed E-state index contributed by atoms with van der Waals surface area (Å²) in [6.07, 6.45) is -0.466. The molecule has 2 aliphatic heterocycles. The van der Waals surface area contributed by atoms with E-state index in [0.717, 1.165) is 47.6 Å². The molecule has 0 aliphatic carbocycles. The molecule has 0 aromatic heterocycles. The molecule has 0 saturated carbocycles. The smallest absolute Gasteiger partial charge is 0.294 e. The normalized spacial score (nSPS) is 20.7. The third kappa shape index (κ3) is 11.6. The fourth-order valence-electron chi connectivity index (χ4n) is 6.05. The van der Waals surface area contributed by atoms with Crippen LogP contribution in [0.2, 0.25) is 0 Å². The van der Waals surface area contributed by atoms with E-state index >= 15 is 0 Å². The second kappa shape index (κ2) is 19.7. The Labute approximate surface area is 277 Å². The zero-order valence-electron chi connectivity index (χ0n) is 28.1. The molecule has 4 rings (SSSR count). The molecule has 1 N–H and O–H groups in total. The first-order chi connectivity index (χ1) is 22.9. The number of hydrogen-bond acceptors (Lipinski definition) is 12. The minimum absolute atomic E-state index is 0.000301. The summed E-state index contributed by atoms with van der Waals surface area (Å²) in [4.78, 5) is 18.2. The van der Waals surface area contributed by atoms with Gasteiger partial charge in [-0.05, 0) is 35.2 Å². The standard InChI is InChI=1S/C34H51N3O10/c1-25(19-41-3)20-43-21-26-6-9-28(10-7-26)34-32(17-35-18-33(34)46-24-29(23-42-4)47-37(38)39)45-22-27-8-11-31-30(16-27)36(13-15-44-31)12-5-14-40-2/h6-11,16,25,29,32-35H,5,12-15,17-24H2,1-4H3/t25-,29-,32-,33+,34+/m0/s1. The summed E-state index contributed by atoms with van der Waals surface area (Å²) >= 11 is 0. The highest BCUT2D eigenvalue weighted by atomic mass is 17.0. The van der Waals surface area contributed by atoms with Gasteiger partial charge >= 0.3 is 0 Å². The van der Waals surface area contributed by atoms with Crippen LogP contribution in [-0.2, 0) is 46.5 Å². The third-order valence-corrected chi connectivity index (χ3v) is 8.29. The fraction of sp³-hybridized carbons (Fsp3) is 0.647. The predicted molar refractivity (Wildman–Crippen MR) is 175 cm³/mol. The molecule has 2 aromatic carbocycles. The average Bonchev–Trinajstić information content (AvgIpc) is 3.07. The summed E-state index contributed by atoms with van der Waals surface area (Å²) in [5.74, 6) is 1.05. The van der Waals surface area contributed by atoms with Crippen molar-refractivity contribution >= 4 is 5.69 Å². The van der Waals surface area contributed by atoms with Crippen LogP contribution in [0.15, 0.2) is 42.5 Å². The fourth-order valence-corrected chi connectivity index (χ4v) is 6.05. The highest BCUT2D eigenvalue weighted by molar-refractivity contribution is 5.61. The van der Waals surface area contributed by atoms with Crippen LogP contribution in [0.5, 0.6) is 5.75 Å². The minimum Gasteiger partial charge on any atom is -0.490 e. The van der Waals surface area contributed by atoms with Crippen molar-refractivity contribution in [2.24, 2.45) is 5.92 Å². The summed E-state index contributed by atoms with van der Waals surface area (Å²) in [6.45, 7) is 8.55. The zero-order valence-corrected chi connectivity index (χ0v) is 28.1. The van der Waals surface area contributed by atoms with E-state index in [-0.39, 0.29) is 31.3 Å². The molecule has 262 valence electrons. The number of hydrogen-bond donors (Lipinski definition) is 1. The molecule has 0 spiro atoms. The molecule has 0 amide bonds. The first kappa shape index (κ1) is 36.8. The van der Waals surface area contributed by atoms with E-state index in [4.69, 9.17) is 38.0 Å². The number of benzene rings is 2. The number of piperidine rings is 1. The van der Waals surface area contributed by atoms with Gasteiger partial charge in [-0.25, -0.2) is 0 Å². The first-order valence-electron chi connectivity index (χ1n) is 16.3. The van der Waals surface area contributed by atoms with Crippen molar-refractivity contribution in [2.75, 3.05) is 92.0 Å². The Hall–Kier alpha value is -3.04. The number of ether oxygens (including phenoxy) is 7. The van der Waals surface area contributed by atoms with E-state index in [2.05, 4.69) is 47.5 Å². The third-order valence-electron chi connectivity index (χ3n) is 8.29. The van der Waals surface area contributed by atoms with Crippen LogP contribution in [0.25, 0.3) is 0 Å². The Balaban J connectivity index is 1.48. The van der Waals surface area contributed by atoms with Gasteiger partial charge in [0.25, 0.3) is 5.09 Å². The maximum absolute atomic E-state index is 11.1. The van der Waals surface area contributed by atoms with Crippen LogP contribution in [0.4, 0.5) is 5.69 Å². The molecular weight excluding hydrogens is 610 g/mol. The van der Waals surface area contributed by atoms with Gasteiger partial charge in [-0.3, -0.25) is 0 Å². The molecule has 0 radical (unpaired) electrons. The highest BCUT2D eigenvalue weighted by Crippen LogP contribution is 2.35. The average molecular weight is 662 g/mol.